The Hall–Kier alpha value is -1.79. The van der Waals surface area contributed by atoms with Gasteiger partial charge in [-0.25, -0.2) is 0 Å². The number of likely N-dealkylation sites (tertiary alicyclic amines) is 1. The highest BCUT2D eigenvalue weighted by atomic mass is 35.5. The van der Waals surface area contributed by atoms with Crippen molar-refractivity contribution in [3.05, 3.63) is 28.2 Å². The summed E-state index contributed by atoms with van der Waals surface area (Å²) in [6, 6.07) is 4.89. The van der Waals surface area contributed by atoms with E-state index in [1.54, 1.807) is 18.2 Å². The Kier molecular flexibility index (Phi) is 6.45. The van der Waals surface area contributed by atoms with Gasteiger partial charge in [-0.2, -0.15) is 0 Å². The lowest BCUT2D eigenvalue weighted by Gasteiger charge is -2.28. The summed E-state index contributed by atoms with van der Waals surface area (Å²) in [6.45, 7) is 0.428. The minimum absolute atomic E-state index is 0.00450. The highest BCUT2D eigenvalue weighted by Gasteiger charge is 2.23. The van der Waals surface area contributed by atoms with Gasteiger partial charge in [-0.15, -0.1) is 0 Å². The normalized spacial score (nSPS) is 14.5. The average molecular weight is 372 g/mol. The molecule has 1 aliphatic rings. The van der Waals surface area contributed by atoms with Gasteiger partial charge in [-0.3, -0.25) is 14.4 Å². The third-order valence-electron chi connectivity index (χ3n) is 3.78. The molecular weight excluding hydrogens is 353 g/mol. The fraction of sp³-hybridized carbons (Fsp3) is 0.438. The number of nitrogens with one attached hydrogen (secondary N) is 1. The van der Waals surface area contributed by atoms with Gasteiger partial charge in [0, 0.05) is 20.0 Å². The van der Waals surface area contributed by atoms with E-state index in [0.29, 0.717) is 28.7 Å². The summed E-state index contributed by atoms with van der Waals surface area (Å²) in [5, 5.41) is 3.25. The Labute approximate surface area is 150 Å². The Morgan fingerprint density at radius 3 is 2.54 bits per heavy atom. The van der Waals surface area contributed by atoms with Gasteiger partial charge >= 0.3 is 0 Å². The Morgan fingerprint density at radius 2 is 1.92 bits per heavy atom. The first kappa shape index (κ1) is 18.5. The molecule has 0 atom stereocenters. The number of carbonyl (C=O) groups excluding carboxylic acids is 3. The topological polar surface area (TPSA) is 69.7 Å². The van der Waals surface area contributed by atoms with E-state index in [-0.39, 0.29) is 24.9 Å². The zero-order valence-electron chi connectivity index (χ0n) is 13.3. The van der Waals surface area contributed by atoms with E-state index in [4.69, 9.17) is 23.2 Å². The van der Waals surface area contributed by atoms with Crippen LogP contribution in [0.25, 0.3) is 0 Å². The molecule has 130 valence electrons. The van der Waals surface area contributed by atoms with Crippen LogP contribution in [-0.2, 0) is 14.4 Å². The molecule has 1 saturated heterocycles. The van der Waals surface area contributed by atoms with Gasteiger partial charge in [0.25, 0.3) is 0 Å². The van der Waals surface area contributed by atoms with Crippen LogP contribution in [0.2, 0.25) is 10.0 Å². The summed E-state index contributed by atoms with van der Waals surface area (Å²) in [7, 11) is 1.52. The van der Waals surface area contributed by atoms with E-state index in [1.165, 1.54) is 16.8 Å². The van der Waals surface area contributed by atoms with E-state index >= 15 is 0 Å². The Balaban J connectivity index is 1.88. The molecule has 0 aliphatic carbocycles. The molecule has 2 rings (SSSR count). The molecule has 1 N–H and O–H groups in total. The van der Waals surface area contributed by atoms with Crippen LogP contribution < -0.4 is 5.32 Å². The molecule has 24 heavy (non-hydrogen) atoms. The number of likely N-dealkylation sites (N-methyl/N-ethyl adjacent to an activating group) is 1. The standard InChI is InChI=1S/C16H19Cl2N3O3/c1-20(15(24)10-21-8-3-2-7-14(21)23)9-13(22)19-16-11(17)5-4-6-12(16)18/h4-6H,2-3,7-10H2,1H3,(H,19,22). The summed E-state index contributed by atoms with van der Waals surface area (Å²) < 4.78 is 0. The molecule has 1 fully saturated rings. The fourth-order valence-corrected chi connectivity index (χ4v) is 2.90. The first-order valence-corrected chi connectivity index (χ1v) is 8.39. The van der Waals surface area contributed by atoms with Crippen molar-refractivity contribution in [2.45, 2.75) is 19.3 Å². The number of hydrogen-bond acceptors (Lipinski definition) is 3. The first-order chi connectivity index (χ1) is 11.4. The molecule has 0 unspecified atom stereocenters. The van der Waals surface area contributed by atoms with Crippen molar-refractivity contribution in [1.29, 1.82) is 0 Å². The fourth-order valence-electron chi connectivity index (χ4n) is 2.41. The summed E-state index contributed by atoms with van der Waals surface area (Å²) in [5.74, 6) is -0.716. The molecule has 0 bridgehead atoms. The lowest BCUT2D eigenvalue weighted by Crippen LogP contribution is -2.45. The molecule has 8 heteroatoms. The van der Waals surface area contributed by atoms with Crippen LogP contribution in [0.15, 0.2) is 18.2 Å². The van der Waals surface area contributed by atoms with Gasteiger partial charge in [0.2, 0.25) is 17.7 Å². The average Bonchev–Trinajstić information content (AvgIpc) is 2.53. The molecule has 1 aromatic rings. The highest BCUT2D eigenvalue weighted by molar-refractivity contribution is 6.39. The van der Waals surface area contributed by atoms with E-state index in [2.05, 4.69) is 5.32 Å². The molecule has 3 amide bonds. The van der Waals surface area contributed by atoms with Gasteiger partial charge < -0.3 is 15.1 Å². The van der Waals surface area contributed by atoms with E-state index in [0.717, 1.165) is 12.8 Å². The number of anilines is 1. The molecule has 1 aliphatic heterocycles. The number of para-hydroxylation sites is 1. The van der Waals surface area contributed by atoms with Crippen LogP contribution in [0.1, 0.15) is 19.3 Å². The van der Waals surface area contributed by atoms with Gasteiger partial charge in [-0.05, 0) is 25.0 Å². The van der Waals surface area contributed by atoms with Crippen molar-refractivity contribution in [2.24, 2.45) is 0 Å². The highest BCUT2D eigenvalue weighted by Crippen LogP contribution is 2.29. The third-order valence-corrected chi connectivity index (χ3v) is 4.41. The van der Waals surface area contributed by atoms with Gasteiger partial charge in [0.1, 0.15) is 0 Å². The third kappa shape index (κ3) is 4.85. The number of rotatable bonds is 5. The van der Waals surface area contributed by atoms with Crippen molar-refractivity contribution in [3.8, 4) is 0 Å². The van der Waals surface area contributed by atoms with E-state index < -0.39 is 5.91 Å². The maximum absolute atomic E-state index is 12.2. The second-order valence-electron chi connectivity index (χ2n) is 5.67. The van der Waals surface area contributed by atoms with Gasteiger partial charge in [-0.1, -0.05) is 29.3 Å². The van der Waals surface area contributed by atoms with Crippen LogP contribution in [0.5, 0.6) is 0 Å². The monoisotopic (exact) mass is 371 g/mol. The summed E-state index contributed by atoms with van der Waals surface area (Å²) in [5.41, 5.74) is 0.317. The lowest BCUT2D eigenvalue weighted by molar-refractivity contribution is -0.142. The predicted molar refractivity (Wildman–Crippen MR) is 93.2 cm³/mol. The Bertz CT molecular complexity index is 631. The van der Waals surface area contributed by atoms with Crippen molar-refractivity contribution < 1.29 is 14.4 Å². The second-order valence-corrected chi connectivity index (χ2v) is 6.48. The van der Waals surface area contributed by atoms with Crippen LogP contribution in [0.4, 0.5) is 5.69 Å². The number of hydrogen-bond donors (Lipinski definition) is 1. The van der Waals surface area contributed by atoms with Crippen molar-refractivity contribution in [3.63, 3.8) is 0 Å². The molecule has 0 radical (unpaired) electrons. The number of benzene rings is 1. The van der Waals surface area contributed by atoms with Crippen molar-refractivity contribution in [1.82, 2.24) is 9.80 Å². The number of piperidine rings is 1. The molecule has 1 aromatic carbocycles. The summed E-state index contributed by atoms with van der Waals surface area (Å²) in [6.07, 6.45) is 2.23. The lowest BCUT2D eigenvalue weighted by atomic mass is 10.1. The number of carbonyl (C=O) groups is 3. The summed E-state index contributed by atoms with van der Waals surface area (Å²) >= 11 is 12.0. The smallest absolute Gasteiger partial charge is 0.244 e. The van der Waals surface area contributed by atoms with Crippen LogP contribution in [0, 0.1) is 0 Å². The quantitative estimate of drug-likeness (QED) is 0.863. The number of nitrogens with zero attached hydrogens (tertiary/aromatic N) is 2. The Morgan fingerprint density at radius 1 is 1.25 bits per heavy atom. The predicted octanol–water partition coefficient (Wildman–Crippen LogP) is 2.40. The molecule has 1 heterocycles. The number of amides is 3. The summed E-state index contributed by atoms with van der Waals surface area (Å²) in [4.78, 5) is 38.8. The van der Waals surface area contributed by atoms with Crippen molar-refractivity contribution >= 4 is 46.6 Å². The first-order valence-electron chi connectivity index (χ1n) is 7.64. The van der Waals surface area contributed by atoms with E-state index in [1.807, 2.05) is 0 Å². The SMILES string of the molecule is CN(CC(=O)Nc1c(Cl)cccc1Cl)C(=O)CN1CCCCC1=O. The van der Waals surface area contributed by atoms with Crippen LogP contribution in [-0.4, -0.2) is 54.2 Å². The largest absolute Gasteiger partial charge is 0.335 e. The maximum Gasteiger partial charge on any atom is 0.244 e. The minimum atomic E-state index is -0.411. The van der Waals surface area contributed by atoms with Crippen molar-refractivity contribution in [2.75, 3.05) is 32.0 Å². The van der Waals surface area contributed by atoms with Crippen LogP contribution >= 0.6 is 23.2 Å². The number of halogens is 2. The zero-order chi connectivity index (χ0) is 17.7. The zero-order valence-corrected chi connectivity index (χ0v) is 14.9. The molecule has 6 nitrogen and oxygen atoms in total. The molecular formula is C16H19Cl2N3O3. The minimum Gasteiger partial charge on any atom is -0.335 e. The molecule has 0 spiro atoms. The van der Waals surface area contributed by atoms with E-state index in [9.17, 15) is 14.4 Å². The van der Waals surface area contributed by atoms with Gasteiger partial charge in [0.15, 0.2) is 0 Å². The van der Waals surface area contributed by atoms with Gasteiger partial charge in [0.05, 0.1) is 28.8 Å². The second kappa shape index (κ2) is 8.35. The molecule has 0 saturated carbocycles. The maximum atomic E-state index is 12.2. The molecule has 0 aromatic heterocycles. The van der Waals surface area contributed by atoms with Crippen LogP contribution in [0.3, 0.4) is 0 Å².